The smallest absolute Gasteiger partial charge is 0.308 e. The zero-order valence-corrected chi connectivity index (χ0v) is 19.5. The van der Waals surface area contributed by atoms with Crippen LogP contribution in [0.15, 0.2) is 48.5 Å². The van der Waals surface area contributed by atoms with Gasteiger partial charge in [-0.1, -0.05) is 42.5 Å². The number of rotatable bonds is 6. The Labute approximate surface area is 203 Å². The van der Waals surface area contributed by atoms with Crippen LogP contribution < -0.4 is 10.6 Å². The number of amides is 2. The summed E-state index contributed by atoms with van der Waals surface area (Å²) in [5.74, 6) is -1.25. The summed E-state index contributed by atoms with van der Waals surface area (Å²) in [7, 11) is 0. The number of hydrogen-bond acceptors (Lipinski definition) is 6. The second-order valence-electron chi connectivity index (χ2n) is 8.22. The van der Waals surface area contributed by atoms with Crippen LogP contribution in [0.5, 0.6) is 0 Å². The van der Waals surface area contributed by atoms with Gasteiger partial charge in [0.15, 0.2) is 5.11 Å². The summed E-state index contributed by atoms with van der Waals surface area (Å²) in [6, 6.07) is 12.9. The summed E-state index contributed by atoms with van der Waals surface area (Å²) in [5, 5.41) is 7.59. The molecule has 2 saturated heterocycles. The second-order valence-corrected chi connectivity index (χ2v) is 8.61. The van der Waals surface area contributed by atoms with Crippen LogP contribution in [0.1, 0.15) is 24.8 Å². The van der Waals surface area contributed by atoms with Crippen molar-refractivity contribution in [2.24, 2.45) is 0 Å². The molecular formula is C25H27N3O5S. The fraction of sp³-hybridized carbons (Fsp3) is 0.360. The van der Waals surface area contributed by atoms with E-state index in [1.54, 1.807) is 11.0 Å². The third kappa shape index (κ3) is 5.98. The molecule has 0 aliphatic carbocycles. The molecule has 2 unspecified atom stereocenters. The van der Waals surface area contributed by atoms with Crippen LogP contribution in [-0.4, -0.2) is 66.2 Å². The summed E-state index contributed by atoms with van der Waals surface area (Å²) >= 11 is 5.40. The first-order valence-electron chi connectivity index (χ1n) is 11.3. The first-order valence-corrected chi connectivity index (χ1v) is 11.7. The van der Waals surface area contributed by atoms with Crippen molar-refractivity contribution in [1.29, 1.82) is 0 Å². The van der Waals surface area contributed by atoms with Gasteiger partial charge in [-0.05, 0) is 47.5 Å². The first-order chi connectivity index (χ1) is 16.5. The van der Waals surface area contributed by atoms with Crippen molar-refractivity contribution in [3.63, 3.8) is 0 Å². The van der Waals surface area contributed by atoms with Gasteiger partial charge >= 0.3 is 5.97 Å². The molecule has 0 bridgehead atoms. The Kier molecular flexibility index (Phi) is 7.87. The van der Waals surface area contributed by atoms with Crippen molar-refractivity contribution < 1.29 is 23.9 Å². The van der Waals surface area contributed by atoms with Gasteiger partial charge in [0.1, 0.15) is 12.6 Å². The summed E-state index contributed by atoms with van der Waals surface area (Å²) in [6.45, 7) is 1.58. The molecule has 2 atom stereocenters. The van der Waals surface area contributed by atoms with Gasteiger partial charge < -0.3 is 19.7 Å². The minimum absolute atomic E-state index is 0.0888. The summed E-state index contributed by atoms with van der Waals surface area (Å²) in [6.07, 6.45) is 4.68. The Balaban J connectivity index is 1.35. The van der Waals surface area contributed by atoms with Gasteiger partial charge in [0.25, 0.3) is 0 Å². The summed E-state index contributed by atoms with van der Waals surface area (Å²) < 4.78 is 10.8. The lowest BCUT2D eigenvalue weighted by Gasteiger charge is -2.36. The van der Waals surface area contributed by atoms with E-state index in [-0.39, 0.29) is 30.2 Å². The molecule has 178 valence electrons. The predicted octanol–water partition coefficient (Wildman–Crippen LogP) is 2.17. The zero-order chi connectivity index (χ0) is 23.9. The molecule has 2 aromatic rings. The van der Waals surface area contributed by atoms with E-state index in [4.69, 9.17) is 21.7 Å². The van der Waals surface area contributed by atoms with Crippen LogP contribution in [-0.2, 0) is 23.9 Å². The van der Waals surface area contributed by atoms with Crippen molar-refractivity contribution in [2.75, 3.05) is 26.3 Å². The van der Waals surface area contributed by atoms with Crippen molar-refractivity contribution >= 4 is 52.0 Å². The van der Waals surface area contributed by atoms with Gasteiger partial charge in [0, 0.05) is 25.8 Å². The number of hydrogen-bond donors (Lipinski definition) is 2. The molecule has 34 heavy (non-hydrogen) atoms. The molecule has 2 aliphatic heterocycles. The Morgan fingerprint density at radius 2 is 2.06 bits per heavy atom. The van der Waals surface area contributed by atoms with Crippen LogP contribution in [0, 0.1) is 0 Å². The van der Waals surface area contributed by atoms with Crippen molar-refractivity contribution in [2.45, 2.75) is 31.4 Å². The first kappa shape index (κ1) is 23.8. The molecule has 2 heterocycles. The molecule has 2 fully saturated rings. The molecule has 0 spiro atoms. The van der Waals surface area contributed by atoms with Crippen molar-refractivity contribution in [1.82, 2.24) is 15.5 Å². The van der Waals surface area contributed by atoms with Crippen molar-refractivity contribution in [3.8, 4) is 0 Å². The van der Waals surface area contributed by atoms with Crippen LogP contribution in [0.4, 0.5) is 0 Å². The predicted molar refractivity (Wildman–Crippen MR) is 132 cm³/mol. The molecule has 2 amide bonds. The Morgan fingerprint density at radius 1 is 1.24 bits per heavy atom. The maximum atomic E-state index is 12.5. The largest absolute Gasteiger partial charge is 0.463 e. The van der Waals surface area contributed by atoms with Gasteiger partial charge in [-0.3, -0.25) is 19.7 Å². The highest BCUT2D eigenvalue weighted by Crippen LogP contribution is 2.19. The lowest BCUT2D eigenvalue weighted by Crippen LogP contribution is -2.60. The molecular weight excluding hydrogens is 454 g/mol. The maximum Gasteiger partial charge on any atom is 0.308 e. The molecule has 0 saturated carbocycles. The molecule has 0 radical (unpaired) electrons. The van der Waals surface area contributed by atoms with Crippen LogP contribution in [0.3, 0.4) is 0 Å². The number of carbonyl (C=O) groups excluding carboxylic acids is 3. The third-order valence-corrected chi connectivity index (χ3v) is 6.21. The fourth-order valence-corrected chi connectivity index (χ4v) is 4.44. The number of nitrogens with zero attached hydrogens (tertiary/aromatic N) is 1. The number of fused-ring (bicyclic) bond motifs is 1. The minimum Gasteiger partial charge on any atom is -0.463 e. The molecule has 8 nitrogen and oxygen atoms in total. The number of nitrogens with one attached hydrogen (secondary N) is 2. The number of esters is 1. The molecule has 0 aromatic heterocycles. The molecule has 2 N–H and O–H groups in total. The summed E-state index contributed by atoms with van der Waals surface area (Å²) in [4.78, 5) is 38.9. The van der Waals surface area contributed by atoms with Gasteiger partial charge in [0.05, 0.1) is 12.5 Å². The van der Waals surface area contributed by atoms with E-state index in [1.807, 2.05) is 42.5 Å². The van der Waals surface area contributed by atoms with Crippen LogP contribution in [0.25, 0.3) is 16.8 Å². The summed E-state index contributed by atoms with van der Waals surface area (Å²) in [5.41, 5.74) is 0.906. The van der Waals surface area contributed by atoms with E-state index < -0.39 is 17.9 Å². The number of thiocarbonyl (C=S) groups is 1. The average Bonchev–Trinajstić information content (AvgIpc) is 3.36. The lowest BCUT2D eigenvalue weighted by molar-refractivity contribution is -0.150. The quantitative estimate of drug-likeness (QED) is 0.371. The van der Waals surface area contributed by atoms with Crippen LogP contribution >= 0.6 is 12.2 Å². The van der Waals surface area contributed by atoms with E-state index in [0.29, 0.717) is 19.7 Å². The molecule has 4 rings (SSSR count). The number of carbonyl (C=O) groups is 3. The van der Waals surface area contributed by atoms with E-state index in [0.717, 1.165) is 29.2 Å². The van der Waals surface area contributed by atoms with E-state index in [2.05, 4.69) is 10.6 Å². The number of piperazine rings is 1. The van der Waals surface area contributed by atoms with Crippen molar-refractivity contribution in [3.05, 3.63) is 54.1 Å². The topological polar surface area (TPSA) is 97.0 Å². The molecule has 2 aliphatic rings. The van der Waals surface area contributed by atoms with Gasteiger partial charge in [-0.2, -0.15) is 0 Å². The zero-order valence-electron chi connectivity index (χ0n) is 18.7. The third-order valence-electron chi connectivity index (χ3n) is 5.87. The number of ether oxygens (including phenoxy) is 2. The molecule has 9 heteroatoms. The van der Waals surface area contributed by atoms with Gasteiger partial charge in [0.2, 0.25) is 11.8 Å². The Hall–Kier alpha value is -3.30. The van der Waals surface area contributed by atoms with E-state index in [1.165, 1.54) is 6.08 Å². The highest BCUT2D eigenvalue weighted by molar-refractivity contribution is 7.80. The Bertz CT molecular complexity index is 1110. The fourth-order valence-electron chi connectivity index (χ4n) is 4.12. The highest BCUT2D eigenvalue weighted by atomic mass is 32.1. The van der Waals surface area contributed by atoms with Crippen LogP contribution in [0.2, 0.25) is 0 Å². The normalized spacial score (nSPS) is 20.4. The molecule has 2 aromatic carbocycles. The van der Waals surface area contributed by atoms with E-state index >= 15 is 0 Å². The monoisotopic (exact) mass is 481 g/mol. The minimum atomic E-state index is -0.847. The Morgan fingerprint density at radius 3 is 2.88 bits per heavy atom. The SMILES string of the molecule is O=C(C=Cc1cccc2ccccc12)NC(=S)N1CCNC(=O)C1CC(=O)OCC1CCCO1. The number of benzene rings is 2. The maximum absolute atomic E-state index is 12.5. The average molecular weight is 482 g/mol. The second kappa shape index (κ2) is 11.2. The standard InChI is InChI=1S/C25H27N3O5S/c29-22(11-10-18-7-3-6-17-5-1-2-9-20(17)18)27-25(34)28-13-12-26-24(31)21(28)15-23(30)33-16-19-8-4-14-32-19/h1-3,5-7,9-11,19,21H,4,8,12-16H2,(H,26,31)(H,27,29,34). The van der Waals surface area contributed by atoms with Gasteiger partial charge in [-0.25, -0.2) is 0 Å². The van der Waals surface area contributed by atoms with Gasteiger partial charge in [-0.15, -0.1) is 0 Å². The van der Waals surface area contributed by atoms with E-state index in [9.17, 15) is 14.4 Å². The highest BCUT2D eigenvalue weighted by Gasteiger charge is 2.34. The lowest BCUT2D eigenvalue weighted by atomic mass is 10.0.